The summed E-state index contributed by atoms with van der Waals surface area (Å²) in [5.41, 5.74) is 1.29. The third kappa shape index (κ3) is 4.79. The number of hydrogen-bond acceptors (Lipinski definition) is 2. The highest BCUT2D eigenvalue weighted by molar-refractivity contribution is 5.84. The van der Waals surface area contributed by atoms with E-state index >= 15 is 0 Å². The van der Waals surface area contributed by atoms with Crippen molar-refractivity contribution in [2.24, 2.45) is 0 Å². The molecule has 1 aliphatic heterocycles. The van der Waals surface area contributed by atoms with Crippen molar-refractivity contribution in [3.63, 3.8) is 0 Å². The van der Waals surface area contributed by atoms with E-state index in [0.29, 0.717) is 24.3 Å². The Labute approximate surface area is 184 Å². The average molecular weight is 442 g/mol. The van der Waals surface area contributed by atoms with Crippen LogP contribution in [0.3, 0.4) is 0 Å². The van der Waals surface area contributed by atoms with Crippen LogP contribution in [0, 0.1) is 35.1 Å². The molecule has 0 unspecified atom stereocenters. The Morgan fingerprint density at radius 2 is 1.72 bits per heavy atom. The predicted octanol–water partition coefficient (Wildman–Crippen LogP) is 6.44. The third-order valence-electron chi connectivity index (χ3n) is 5.53. The van der Waals surface area contributed by atoms with Gasteiger partial charge in [0.25, 0.3) is 0 Å². The highest BCUT2D eigenvalue weighted by Gasteiger charge is 2.23. The molecule has 0 amide bonds. The molecule has 3 aromatic rings. The summed E-state index contributed by atoms with van der Waals surface area (Å²) in [6.07, 6.45) is 2.90. The largest absolute Gasteiger partial charge is 0.373 e. The van der Waals surface area contributed by atoms with Crippen LogP contribution in [0.5, 0.6) is 0 Å². The molecule has 1 aliphatic rings. The molecule has 6 heteroatoms. The first kappa shape index (κ1) is 22.3. The number of benzene rings is 3. The van der Waals surface area contributed by atoms with Gasteiger partial charge in [0.1, 0.15) is 11.9 Å². The van der Waals surface area contributed by atoms with Crippen LogP contribution >= 0.6 is 0 Å². The lowest BCUT2D eigenvalue weighted by molar-refractivity contribution is -0.137. The maximum absolute atomic E-state index is 14.6. The van der Waals surface area contributed by atoms with E-state index in [1.54, 1.807) is 12.1 Å². The molecule has 32 heavy (non-hydrogen) atoms. The van der Waals surface area contributed by atoms with Crippen LogP contribution in [0.25, 0.3) is 10.8 Å². The quantitative estimate of drug-likeness (QED) is 0.263. The second-order valence-electron chi connectivity index (χ2n) is 7.83. The van der Waals surface area contributed by atoms with Gasteiger partial charge in [-0.25, -0.2) is 17.6 Å². The van der Waals surface area contributed by atoms with Crippen LogP contribution in [0.1, 0.15) is 49.0 Å². The first-order chi connectivity index (χ1) is 15.5. The van der Waals surface area contributed by atoms with Crippen LogP contribution in [-0.4, -0.2) is 19.3 Å². The summed E-state index contributed by atoms with van der Waals surface area (Å²) < 4.78 is 67.0. The van der Waals surface area contributed by atoms with Gasteiger partial charge in [-0.05, 0) is 47.7 Å². The molecule has 3 aromatic carbocycles. The Kier molecular flexibility index (Phi) is 6.78. The van der Waals surface area contributed by atoms with Gasteiger partial charge in [0.2, 0.25) is 0 Å². The minimum atomic E-state index is -1.51. The Balaban J connectivity index is 1.49. The summed E-state index contributed by atoms with van der Waals surface area (Å²) in [4.78, 5) is 0. The maximum Gasteiger partial charge on any atom is 0.195 e. The number of rotatable bonds is 4. The molecule has 0 saturated carbocycles. The molecule has 0 N–H and O–H groups in total. The van der Waals surface area contributed by atoms with Crippen molar-refractivity contribution < 1.29 is 27.0 Å². The summed E-state index contributed by atoms with van der Waals surface area (Å²) in [6, 6.07) is 9.85. The van der Waals surface area contributed by atoms with Crippen molar-refractivity contribution in [1.29, 1.82) is 0 Å². The summed E-state index contributed by atoms with van der Waals surface area (Å²) >= 11 is 0. The molecule has 2 nitrogen and oxygen atoms in total. The Morgan fingerprint density at radius 3 is 2.44 bits per heavy atom. The Morgan fingerprint density at radius 1 is 0.875 bits per heavy atom. The molecule has 4 rings (SSSR count). The van der Waals surface area contributed by atoms with Crippen molar-refractivity contribution in [3.05, 3.63) is 82.4 Å². The van der Waals surface area contributed by atoms with Crippen LogP contribution in [0.2, 0.25) is 0 Å². The van der Waals surface area contributed by atoms with E-state index in [-0.39, 0.29) is 28.5 Å². The average Bonchev–Trinajstić information content (AvgIpc) is 2.80. The van der Waals surface area contributed by atoms with Gasteiger partial charge in [0.05, 0.1) is 24.9 Å². The van der Waals surface area contributed by atoms with E-state index < -0.39 is 23.3 Å². The van der Waals surface area contributed by atoms with E-state index in [0.717, 1.165) is 25.3 Å². The zero-order valence-corrected chi connectivity index (χ0v) is 17.6. The van der Waals surface area contributed by atoms with Crippen molar-refractivity contribution >= 4 is 10.8 Å². The van der Waals surface area contributed by atoms with Crippen LogP contribution in [0.4, 0.5) is 17.6 Å². The lowest BCUT2D eigenvalue weighted by Gasteiger charge is -2.29. The number of ether oxygens (including phenoxy) is 2. The fraction of sp³-hybridized carbons (Fsp3) is 0.308. The molecule has 166 valence electrons. The van der Waals surface area contributed by atoms with Gasteiger partial charge in [-0.1, -0.05) is 43.7 Å². The van der Waals surface area contributed by atoms with Crippen molar-refractivity contribution in [2.45, 2.75) is 38.4 Å². The lowest BCUT2D eigenvalue weighted by Crippen LogP contribution is -2.31. The first-order valence-electron chi connectivity index (χ1n) is 10.6. The minimum absolute atomic E-state index is 0.0448. The summed E-state index contributed by atoms with van der Waals surface area (Å²) in [6.45, 7) is 2.99. The van der Waals surface area contributed by atoms with Gasteiger partial charge in [-0.2, -0.15) is 0 Å². The van der Waals surface area contributed by atoms with Gasteiger partial charge < -0.3 is 9.47 Å². The molecule has 0 aromatic heterocycles. The van der Waals surface area contributed by atoms with Crippen LogP contribution in [-0.2, 0) is 9.47 Å². The summed E-state index contributed by atoms with van der Waals surface area (Å²) in [5, 5.41) is 0.132. The molecule has 1 heterocycles. The fourth-order valence-electron chi connectivity index (χ4n) is 3.69. The van der Waals surface area contributed by atoms with E-state index in [2.05, 4.69) is 18.8 Å². The molecular formula is C26H22F4O2. The highest BCUT2D eigenvalue weighted by atomic mass is 19.2. The highest BCUT2D eigenvalue weighted by Crippen LogP contribution is 2.26. The topological polar surface area (TPSA) is 18.5 Å². The predicted molar refractivity (Wildman–Crippen MR) is 114 cm³/mol. The number of fused-ring (bicyclic) bond motifs is 1. The molecule has 1 saturated heterocycles. The van der Waals surface area contributed by atoms with Gasteiger partial charge in [-0.15, -0.1) is 0 Å². The fourth-order valence-corrected chi connectivity index (χ4v) is 3.69. The second-order valence-corrected chi connectivity index (χ2v) is 7.83. The Hall–Kier alpha value is -2.88. The van der Waals surface area contributed by atoms with Crippen molar-refractivity contribution in [1.82, 2.24) is 0 Å². The normalized spacial score (nSPS) is 18.4. The third-order valence-corrected chi connectivity index (χ3v) is 5.53. The van der Waals surface area contributed by atoms with Crippen molar-refractivity contribution in [3.8, 4) is 11.8 Å². The lowest BCUT2D eigenvalue weighted by atomic mass is 10.0. The Bertz CT molecular complexity index is 1190. The monoisotopic (exact) mass is 442 g/mol. The van der Waals surface area contributed by atoms with Gasteiger partial charge in [0.15, 0.2) is 17.5 Å². The second kappa shape index (κ2) is 9.72. The standard InChI is InChI=1S/C26H22F4O2/c1-2-3-4-20-14-32-24(15-31-20)18-9-8-17(22(27)12-18)7-5-16-6-10-21-19(11-16)13-23(28)26(30)25(21)29/h6,8-13,20,24H,2-4,14-15H2,1H3/t20-,24-/m1/s1. The zero-order valence-electron chi connectivity index (χ0n) is 17.6. The molecule has 1 fully saturated rings. The summed E-state index contributed by atoms with van der Waals surface area (Å²) in [5.74, 6) is 1.00. The number of unbranched alkanes of at least 4 members (excludes halogenated alkanes) is 1. The van der Waals surface area contributed by atoms with Crippen LogP contribution in [0.15, 0.2) is 42.5 Å². The molecule has 0 bridgehead atoms. The summed E-state index contributed by atoms with van der Waals surface area (Å²) in [7, 11) is 0. The van der Waals surface area contributed by atoms with Crippen molar-refractivity contribution in [2.75, 3.05) is 13.2 Å². The smallest absolute Gasteiger partial charge is 0.195 e. The van der Waals surface area contributed by atoms with Crippen LogP contribution < -0.4 is 0 Å². The van der Waals surface area contributed by atoms with E-state index in [1.165, 1.54) is 24.3 Å². The zero-order chi connectivity index (χ0) is 22.7. The van der Waals surface area contributed by atoms with E-state index in [4.69, 9.17) is 9.47 Å². The minimum Gasteiger partial charge on any atom is -0.373 e. The van der Waals surface area contributed by atoms with E-state index in [9.17, 15) is 17.6 Å². The van der Waals surface area contributed by atoms with E-state index in [1.807, 2.05) is 0 Å². The molecule has 0 spiro atoms. The number of hydrogen-bond donors (Lipinski definition) is 0. The SMILES string of the molecule is CCCC[C@@H]1CO[C@@H](c2ccc(C#Cc3ccc4c(F)c(F)c(F)cc4c3)c(F)c2)CO1. The molecular weight excluding hydrogens is 420 g/mol. The molecule has 0 radical (unpaired) electrons. The molecule has 0 aliphatic carbocycles. The number of halogens is 4. The first-order valence-corrected chi connectivity index (χ1v) is 10.6. The van der Waals surface area contributed by atoms with Gasteiger partial charge in [0, 0.05) is 10.9 Å². The maximum atomic E-state index is 14.6. The molecule has 2 atom stereocenters. The van der Waals surface area contributed by atoms with Gasteiger partial charge >= 0.3 is 0 Å². The van der Waals surface area contributed by atoms with Gasteiger partial charge in [-0.3, -0.25) is 0 Å².